The van der Waals surface area contributed by atoms with Gasteiger partial charge in [-0.15, -0.1) is 0 Å². The second-order valence-corrected chi connectivity index (χ2v) is 8.87. The number of anilines is 2. The minimum atomic E-state index is -0.128. The summed E-state index contributed by atoms with van der Waals surface area (Å²) >= 11 is 0. The van der Waals surface area contributed by atoms with E-state index < -0.39 is 0 Å². The Kier molecular flexibility index (Phi) is 7.74. The molecule has 1 aromatic heterocycles. The van der Waals surface area contributed by atoms with Crippen LogP contribution in [0.25, 0.3) is 0 Å². The smallest absolute Gasteiger partial charge is 0.290 e. The molecule has 168 valence electrons. The fourth-order valence-electron chi connectivity index (χ4n) is 4.03. The number of nitrogens with one attached hydrogen (secondary N) is 2. The molecule has 0 unspecified atom stereocenters. The molecule has 1 aliphatic rings. The zero-order valence-electron chi connectivity index (χ0n) is 19.1. The van der Waals surface area contributed by atoms with Gasteiger partial charge in [-0.3, -0.25) is 9.59 Å². The Morgan fingerprint density at radius 2 is 1.90 bits per heavy atom. The molecule has 1 aromatic carbocycles. The van der Waals surface area contributed by atoms with Crippen molar-refractivity contribution < 1.29 is 18.9 Å². The minimum absolute atomic E-state index is 0.0979. The van der Waals surface area contributed by atoms with Gasteiger partial charge in [-0.2, -0.15) is 0 Å². The lowest BCUT2D eigenvalue weighted by Crippen LogP contribution is -3.06. The summed E-state index contributed by atoms with van der Waals surface area (Å²) in [5.41, 5.74) is 2.79. The molecule has 1 saturated carbocycles. The lowest BCUT2D eigenvalue weighted by atomic mass is 10.1. The largest absolute Gasteiger partial charge is 0.459 e. The van der Waals surface area contributed by atoms with Crippen molar-refractivity contribution in [1.82, 2.24) is 4.90 Å². The molecule has 0 atom stereocenters. The summed E-state index contributed by atoms with van der Waals surface area (Å²) in [5, 5.41) is 3.09. The molecule has 1 fully saturated rings. The van der Waals surface area contributed by atoms with E-state index in [1.807, 2.05) is 42.1 Å². The number of carbonyl (C=O) groups excluding carboxylic acids is 2. The quantitative estimate of drug-likeness (QED) is 0.644. The third-order valence-electron chi connectivity index (χ3n) is 5.82. The van der Waals surface area contributed by atoms with Crippen LogP contribution < -0.4 is 15.1 Å². The zero-order chi connectivity index (χ0) is 22.4. The van der Waals surface area contributed by atoms with Crippen molar-refractivity contribution in [1.29, 1.82) is 0 Å². The van der Waals surface area contributed by atoms with Crippen LogP contribution in [0.3, 0.4) is 0 Å². The predicted octanol–water partition coefficient (Wildman–Crippen LogP) is 2.26. The molecule has 2 aromatic rings. The van der Waals surface area contributed by atoms with Crippen molar-refractivity contribution in [2.75, 3.05) is 51.5 Å². The maximum atomic E-state index is 13.1. The van der Waals surface area contributed by atoms with Crippen molar-refractivity contribution in [2.45, 2.75) is 32.2 Å². The molecule has 3 rings (SSSR count). The van der Waals surface area contributed by atoms with Crippen LogP contribution >= 0.6 is 0 Å². The van der Waals surface area contributed by atoms with Crippen LogP contribution in [0.2, 0.25) is 0 Å². The van der Waals surface area contributed by atoms with Crippen LogP contribution in [0.4, 0.5) is 11.4 Å². The number of likely N-dealkylation sites (N-methyl/N-ethyl adjacent to an activating group) is 1. The normalized spacial score (nSPS) is 14.1. The molecular weight excluding hydrogens is 392 g/mol. The van der Waals surface area contributed by atoms with E-state index in [-0.39, 0.29) is 17.7 Å². The molecule has 1 heterocycles. The summed E-state index contributed by atoms with van der Waals surface area (Å²) < 4.78 is 5.37. The fourth-order valence-corrected chi connectivity index (χ4v) is 4.03. The van der Waals surface area contributed by atoms with Crippen molar-refractivity contribution in [3.63, 3.8) is 0 Å². The standard InChI is InChI=1S/C24H34N4O3/c1-26(2)13-14-28(24(30)22-10-7-15-31-22)17-19-16-20(11-12-21(19)27(3)4)25-23(29)18-8-5-6-9-18/h7,10-12,15-16,18H,5-6,8-9,13-14,17H2,1-4H3,(H,25,29)/p+1. The average Bonchev–Trinajstić information content (AvgIpc) is 3.44. The predicted molar refractivity (Wildman–Crippen MR) is 122 cm³/mol. The highest BCUT2D eigenvalue weighted by molar-refractivity contribution is 5.93. The summed E-state index contributed by atoms with van der Waals surface area (Å²) in [7, 11) is 8.11. The second kappa shape index (κ2) is 10.5. The van der Waals surface area contributed by atoms with Gasteiger partial charge in [-0.1, -0.05) is 12.8 Å². The first kappa shape index (κ1) is 22.9. The highest BCUT2D eigenvalue weighted by atomic mass is 16.3. The summed E-state index contributed by atoms with van der Waals surface area (Å²) in [6.45, 7) is 1.86. The first-order chi connectivity index (χ1) is 14.8. The van der Waals surface area contributed by atoms with Gasteiger partial charge in [-0.05, 0) is 48.7 Å². The van der Waals surface area contributed by atoms with Crippen molar-refractivity contribution in [2.24, 2.45) is 5.92 Å². The molecule has 1 aliphatic carbocycles. The monoisotopic (exact) mass is 427 g/mol. The maximum absolute atomic E-state index is 13.1. The van der Waals surface area contributed by atoms with E-state index in [9.17, 15) is 9.59 Å². The number of nitrogens with zero attached hydrogens (tertiary/aromatic N) is 2. The van der Waals surface area contributed by atoms with Crippen molar-refractivity contribution in [3.8, 4) is 0 Å². The van der Waals surface area contributed by atoms with Crippen LogP contribution in [0.1, 0.15) is 41.8 Å². The number of hydrogen-bond donors (Lipinski definition) is 2. The van der Waals surface area contributed by atoms with Crippen LogP contribution in [0.15, 0.2) is 41.0 Å². The van der Waals surface area contributed by atoms with E-state index in [0.717, 1.165) is 49.2 Å². The summed E-state index contributed by atoms with van der Waals surface area (Å²) in [4.78, 5) is 30.8. The van der Waals surface area contributed by atoms with E-state index in [0.29, 0.717) is 18.8 Å². The van der Waals surface area contributed by atoms with Gasteiger partial charge in [0, 0.05) is 37.9 Å². The van der Waals surface area contributed by atoms with Crippen LogP contribution in [0, 0.1) is 5.92 Å². The Morgan fingerprint density at radius 3 is 2.52 bits per heavy atom. The number of amides is 2. The molecule has 0 bridgehead atoms. The first-order valence-electron chi connectivity index (χ1n) is 11.1. The van der Waals surface area contributed by atoms with Crippen LogP contribution in [0.5, 0.6) is 0 Å². The number of benzene rings is 1. The Balaban J connectivity index is 1.83. The van der Waals surface area contributed by atoms with Gasteiger partial charge in [0.1, 0.15) is 0 Å². The Bertz CT molecular complexity index is 871. The lowest BCUT2D eigenvalue weighted by molar-refractivity contribution is -0.857. The highest BCUT2D eigenvalue weighted by Gasteiger charge is 2.24. The Morgan fingerprint density at radius 1 is 1.16 bits per heavy atom. The van der Waals surface area contributed by atoms with Crippen LogP contribution in [-0.2, 0) is 11.3 Å². The SMILES string of the molecule is CN(C)c1ccc(NC(=O)C2CCCC2)cc1CN(CC[NH+](C)C)C(=O)c1ccco1. The van der Waals surface area contributed by atoms with E-state index in [2.05, 4.69) is 19.4 Å². The number of furan rings is 1. The van der Waals surface area contributed by atoms with E-state index in [1.165, 1.54) is 11.2 Å². The third-order valence-corrected chi connectivity index (χ3v) is 5.82. The van der Waals surface area contributed by atoms with Crippen LogP contribution in [-0.4, -0.2) is 58.0 Å². The molecule has 2 N–H and O–H groups in total. The highest BCUT2D eigenvalue weighted by Crippen LogP contribution is 2.28. The summed E-state index contributed by atoms with van der Waals surface area (Å²) in [5.74, 6) is 0.417. The molecule has 7 heteroatoms. The molecule has 7 nitrogen and oxygen atoms in total. The molecule has 2 amide bonds. The maximum Gasteiger partial charge on any atom is 0.290 e. The van der Waals surface area contributed by atoms with E-state index in [1.54, 1.807) is 12.1 Å². The number of rotatable bonds is 9. The van der Waals surface area contributed by atoms with Gasteiger partial charge in [-0.25, -0.2) is 0 Å². The van der Waals surface area contributed by atoms with Crippen molar-refractivity contribution >= 4 is 23.2 Å². The minimum Gasteiger partial charge on any atom is -0.459 e. The Hall–Kier alpha value is -2.80. The second-order valence-electron chi connectivity index (χ2n) is 8.87. The number of quaternary nitrogens is 1. The number of hydrogen-bond acceptors (Lipinski definition) is 4. The average molecular weight is 428 g/mol. The lowest BCUT2D eigenvalue weighted by Gasteiger charge is -2.26. The Labute approximate surface area is 185 Å². The summed E-state index contributed by atoms with van der Waals surface area (Å²) in [6, 6.07) is 9.36. The summed E-state index contributed by atoms with van der Waals surface area (Å²) in [6.07, 6.45) is 5.70. The van der Waals surface area contributed by atoms with E-state index >= 15 is 0 Å². The number of carbonyl (C=O) groups is 2. The molecule has 0 spiro atoms. The molecule has 31 heavy (non-hydrogen) atoms. The molecule has 0 saturated heterocycles. The molecular formula is C24H35N4O3+. The topological polar surface area (TPSA) is 70.2 Å². The van der Waals surface area contributed by atoms with E-state index in [4.69, 9.17) is 4.42 Å². The van der Waals surface area contributed by atoms with Gasteiger partial charge in [0.05, 0.1) is 33.4 Å². The third kappa shape index (κ3) is 6.10. The van der Waals surface area contributed by atoms with Crippen molar-refractivity contribution in [3.05, 3.63) is 47.9 Å². The van der Waals surface area contributed by atoms with Gasteiger partial charge in [0.25, 0.3) is 5.91 Å². The molecule has 0 aliphatic heterocycles. The van der Waals surface area contributed by atoms with Gasteiger partial charge in [0.2, 0.25) is 5.91 Å². The van der Waals surface area contributed by atoms with Gasteiger partial charge >= 0.3 is 0 Å². The van der Waals surface area contributed by atoms with Gasteiger partial charge in [0.15, 0.2) is 5.76 Å². The fraction of sp³-hybridized carbons (Fsp3) is 0.500. The molecule has 0 radical (unpaired) electrons. The zero-order valence-corrected chi connectivity index (χ0v) is 19.1. The first-order valence-corrected chi connectivity index (χ1v) is 11.1. The van der Waals surface area contributed by atoms with Gasteiger partial charge < -0.3 is 24.4 Å².